The molecule has 2 heterocycles. The Morgan fingerprint density at radius 1 is 1.25 bits per heavy atom. The number of urea groups is 1. The number of fused-ring (bicyclic) bond motifs is 1. The number of hydrogen-bond acceptors (Lipinski definition) is 6. The van der Waals surface area contributed by atoms with Crippen LogP contribution in [0.2, 0.25) is 0 Å². The molecule has 0 bridgehead atoms. The number of rotatable bonds is 4. The monoisotopic (exact) mass is 347 g/mol. The molecule has 1 fully saturated rings. The van der Waals surface area contributed by atoms with E-state index in [1.165, 1.54) is 19.0 Å². The van der Waals surface area contributed by atoms with Crippen molar-refractivity contribution < 1.29 is 14.4 Å². The lowest BCUT2D eigenvalue weighted by atomic mass is 10.1. The van der Waals surface area contributed by atoms with E-state index in [2.05, 4.69) is 8.75 Å². The second-order valence-corrected chi connectivity index (χ2v) is 6.38. The summed E-state index contributed by atoms with van der Waals surface area (Å²) >= 11 is 1.15. The maximum atomic E-state index is 12.4. The standard InChI is InChI=1S/C15H17N5O3S/c1-18(8-9-4-5-10-11(6-9)17-24-16-10)13(21)7-12-14(22)20(3)15(23)19(12)2/h4-6,12H,7-8H2,1-3H3/t12-/m0/s1. The summed E-state index contributed by atoms with van der Waals surface area (Å²) in [6.07, 6.45) is -0.0254. The molecule has 1 aromatic carbocycles. The lowest BCUT2D eigenvalue weighted by Crippen LogP contribution is -2.38. The van der Waals surface area contributed by atoms with Crippen molar-refractivity contribution in [3.05, 3.63) is 23.8 Å². The number of aromatic nitrogens is 2. The molecule has 1 saturated heterocycles. The fourth-order valence-corrected chi connectivity index (χ4v) is 3.20. The molecule has 1 atom stereocenters. The van der Waals surface area contributed by atoms with Crippen LogP contribution in [-0.2, 0) is 16.1 Å². The predicted octanol–water partition coefficient (Wildman–Crippen LogP) is 0.932. The normalized spacial score (nSPS) is 17.9. The van der Waals surface area contributed by atoms with Gasteiger partial charge >= 0.3 is 6.03 Å². The summed E-state index contributed by atoms with van der Waals surface area (Å²) in [4.78, 5) is 40.1. The zero-order chi connectivity index (χ0) is 17.4. The van der Waals surface area contributed by atoms with E-state index in [9.17, 15) is 14.4 Å². The van der Waals surface area contributed by atoms with Gasteiger partial charge in [0.2, 0.25) is 5.91 Å². The zero-order valence-electron chi connectivity index (χ0n) is 13.6. The number of imide groups is 1. The van der Waals surface area contributed by atoms with Gasteiger partial charge in [0.05, 0.1) is 18.1 Å². The number of amides is 4. The lowest BCUT2D eigenvalue weighted by molar-refractivity contribution is -0.135. The van der Waals surface area contributed by atoms with E-state index in [4.69, 9.17) is 0 Å². The van der Waals surface area contributed by atoms with Crippen molar-refractivity contribution in [3.63, 3.8) is 0 Å². The van der Waals surface area contributed by atoms with Gasteiger partial charge in [-0.1, -0.05) is 6.07 Å². The Morgan fingerprint density at radius 2 is 1.96 bits per heavy atom. The second kappa shape index (κ2) is 6.16. The Morgan fingerprint density at radius 3 is 2.62 bits per heavy atom. The fourth-order valence-electron chi connectivity index (χ4n) is 2.69. The predicted molar refractivity (Wildman–Crippen MR) is 88.2 cm³/mol. The molecule has 2 aromatic rings. The van der Waals surface area contributed by atoms with Gasteiger partial charge < -0.3 is 9.80 Å². The highest BCUT2D eigenvalue weighted by molar-refractivity contribution is 7.00. The molecule has 0 aliphatic carbocycles. The number of hydrogen-bond donors (Lipinski definition) is 0. The Balaban J connectivity index is 1.66. The molecule has 0 radical (unpaired) electrons. The molecule has 1 aromatic heterocycles. The van der Waals surface area contributed by atoms with Crippen LogP contribution in [0, 0.1) is 0 Å². The van der Waals surface area contributed by atoms with Crippen LogP contribution < -0.4 is 0 Å². The van der Waals surface area contributed by atoms with Crippen LogP contribution in [0.25, 0.3) is 11.0 Å². The average Bonchev–Trinajstić information content (AvgIpc) is 3.10. The maximum absolute atomic E-state index is 12.4. The molecule has 126 valence electrons. The Hall–Kier alpha value is -2.55. The molecule has 0 saturated carbocycles. The van der Waals surface area contributed by atoms with Crippen LogP contribution in [0.15, 0.2) is 18.2 Å². The zero-order valence-corrected chi connectivity index (χ0v) is 14.4. The second-order valence-electron chi connectivity index (χ2n) is 5.85. The third-order valence-corrected chi connectivity index (χ3v) is 4.76. The molecular formula is C15H17N5O3S. The van der Waals surface area contributed by atoms with E-state index >= 15 is 0 Å². The molecule has 9 heteroatoms. The largest absolute Gasteiger partial charge is 0.341 e. The van der Waals surface area contributed by atoms with E-state index in [0.29, 0.717) is 6.54 Å². The minimum atomic E-state index is -0.734. The molecule has 0 unspecified atom stereocenters. The summed E-state index contributed by atoms with van der Waals surface area (Å²) in [6.45, 7) is 0.403. The Bertz CT molecular complexity index is 820. The average molecular weight is 347 g/mol. The van der Waals surface area contributed by atoms with Crippen molar-refractivity contribution in [1.29, 1.82) is 0 Å². The Labute approximate surface area is 143 Å². The van der Waals surface area contributed by atoms with Crippen molar-refractivity contribution in [2.24, 2.45) is 0 Å². The van der Waals surface area contributed by atoms with Gasteiger partial charge in [-0.3, -0.25) is 14.5 Å². The number of carbonyl (C=O) groups is 3. The minimum Gasteiger partial charge on any atom is -0.341 e. The molecule has 1 aliphatic rings. The minimum absolute atomic E-state index is 0.0254. The summed E-state index contributed by atoms with van der Waals surface area (Å²) < 4.78 is 8.33. The van der Waals surface area contributed by atoms with Gasteiger partial charge in [0, 0.05) is 27.7 Å². The van der Waals surface area contributed by atoms with E-state index in [-0.39, 0.29) is 24.3 Å². The summed E-state index contributed by atoms with van der Waals surface area (Å²) in [6, 6.07) is 4.54. The molecule has 0 spiro atoms. The molecule has 0 N–H and O–H groups in total. The number of likely N-dealkylation sites (N-methyl/N-ethyl adjacent to an activating group) is 2. The fraction of sp³-hybridized carbons (Fsp3) is 0.400. The van der Waals surface area contributed by atoms with E-state index in [1.807, 2.05) is 18.2 Å². The number of benzene rings is 1. The summed E-state index contributed by atoms with van der Waals surface area (Å²) in [5.41, 5.74) is 2.57. The van der Waals surface area contributed by atoms with Gasteiger partial charge in [-0.25, -0.2) is 4.79 Å². The van der Waals surface area contributed by atoms with Crippen LogP contribution >= 0.6 is 11.7 Å². The van der Waals surface area contributed by atoms with Gasteiger partial charge in [0.25, 0.3) is 5.91 Å². The van der Waals surface area contributed by atoms with Crippen molar-refractivity contribution in [3.8, 4) is 0 Å². The van der Waals surface area contributed by atoms with Crippen molar-refractivity contribution in [2.75, 3.05) is 21.1 Å². The highest BCUT2D eigenvalue weighted by Crippen LogP contribution is 2.19. The first-order valence-electron chi connectivity index (χ1n) is 7.38. The number of nitrogens with zero attached hydrogens (tertiary/aromatic N) is 5. The molecule has 4 amide bonds. The van der Waals surface area contributed by atoms with Crippen LogP contribution in [0.5, 0.6) is 0 Å². The Kier molecular flexibility index (Phi) is 4.18. The van der Waals surface area contributed by atoms with Gasteiger partial charge in [0.15, 0.2) is 0 Å². The quantitative estimate of drug-likeness (QED) is 0.768. The smallest absolute Gasteiger partial charge is 0.326 e. The lowest BCUT2D eigenvalue weighted by Gasteiger charge is -2.21. The third-order valence-electron chi connectivity index (χ3n) is 4.20. The van der Waals surface area contributed by atoms with E-state index < -0.39 is 6.04 Å². The first kappa shape index (κ1) is 16.3. The molecule has 24 heavy (non-hydrogen) atoms. The summed E-state index contributed by atoms with van der Waals surface area (Å²) in [7, 11) is 4.63. The summed E-state index contributed by atoms with van der Waals surface area (Å²) in [5.74, 6) is -0.543. The van der Waals surface area contributed by atoms with Crippen LogP contribution in [0.4, 0.5) is 4.79 Å². The van der Waals surface area contributed by atoms with Gasteiger partial charge in [-0.2, -0.15) is 8.75 Å². The molecular weight excluding hydrogens is 330 g/mol. The van der Waals surface area contributed by atoms with Crippen molar-refractivity contribution in [1.82, 2.24) is 23.4 Å². The van der Waals surface area contributed by atoms with Gasteiger partial charge in [-0.05, 0) is 17.7 Å². The van der Waals surface area contributed by atoms with Gasteiger partial charge in [0.1, 0.15) is 17.1 Å². The molecule has 3 rings (SSSR count). The molecule has 1 aliphatic heterocycles. The first-order valence-corrected chi connectivity index (χ1v) is 8.11. The highest BCUT2D eigenvalue weighted by Gasteiger charge is 2.42. The van der Waals surface area contributed by atoms with Crippen LogP contribution in [-0.4, -0.2) is 68.5 Å². The number of carbonyl (C=O) groups excluding carboxylic acids is 3. The third kappa shape index (κ3) is 2.82. The molecule has 8 nitrogen and oxygen atoms in total. The van der Waals surface area contributed by atoms with Crippen LogP contribution in [0.3, 0.4) is 0 Å². The van der Waals surface area contributed by atoms with Crippen LogP contribution in [0.1, 0.15) is 12.0 Å². The first-order chi connectivity index (χ1) is 11.4. The topological polar surface area (TPSA) is 86.7 Å². The highest BCUT2D eigenvalue weighted by atomic mass is 32.1. The van der Waals surface area contributed by atoms with E-state index in [0.717, 1.165) is 33.2 Å². The van der Waals surface area contributed by atoms with Gasteiger partial charge in [-0.15, -0.1) is 0 Å². The maximum Gasteiger partial charge on any atom is 0.326 e. The summed E-state index contributed by atoms with van der Waals surface area (Å²) in [5, 5.41) is 0. The van der Waals surface area contributed by atoms with Crippen molar-refractivity contribution in [2.45, 2.75) is 19.0 Å². The van der Waals surface area contributed by atoms with Crippen molar-refractivity contribution >= 4 is 40.6 Å². The van der Waals surface area contributed by atoms with E-state index in [1.54, 1.807) is 11.9 Å². The SMILES string of the molecule is CN(Cc1ccc2nsnc2c1)C(=O)C[C@H]1C(=O)N(C)C(=O)N1C.